The molecule has 0 aromatic carbocycles. The summed E-state index contributed by atoms with van der Waals surface area (Å²) in [6.45, 7) is 6.63. The quantitative estimate of drug-likeness (QED) is 0.910. The summed E-state index contributed by atoms with van der Waals surface area (Å²) in [5.74, 6) is -0.975. The molecule has 24 heavy (non-hydrogen) atoms. The molecule has 3 rings (SSSR count). The first-order valence-electron chi connectivity index (χ1n) is 8.42. The number of likely N-dealkylation sites (tertiary alicyclic amines) is 1. The first kappa shape index (κ1) is 16.7. The molecule has 0 atom stereocenters. The second kappa shape index (κ2) is 6.07. The van der Waals surface area contributed by atoms with Gasteiger partial charge in [0.15, 0.2) is 5.69 Å². The van der Waals surface area contributed by atoms with Gasteiger partial charge in [-0.1, -0.05) is 5.21 Å². The van der Waals surface area contributed by atoms with Crippen LogP contribution in [0.15, 0.2) is 0 Å². The zero-order valence-corrected chi connectivity index (χ0v) is 14.4. The number of ether oxygens (including phenoxy) is 1. The minimum atomic E-state index is -1.04. The van der Waals surface area contributed by atoms with E-state index >= 15 is 0 Å². The van der Waals surface area contributed by atoms with Crippen LogP contribution in [0, 0.1) is 0 Å². The Kier molecular flexibility index (Phi) is 4.23. The Morgan fingerprint density at radius 1 is 1.17 bits per heavy atom. The van der Waals surface area contributed by atoms with Crippen LogP contribution in [0.1, 0.15) is 74.6 Å². The van der Waals surface area contributed by atoms with Crippen molar-refractivity contribution in [1.82, 2.24) is 19.9 Å². The number of hydrogen-bond donors (Lipinski definition) is 1. The van der Waals surface area contributed by atoms with Gasteiger partial charge in [0.1, 0.15) is 5.60 Å². The molecule has 1 aromatic rings. The SMILES string of the molecule is CC(C)(C)OC(=O)N1CCC(c2c(C(=O)O)nnn2C2CC2)CC1. The van der Waals surface area contributed by atoms with Crippen molar-refractivity contribution in [2.24, 2.45) is 0 Å². The Bertz CT molecular complexity index is 637. The lowest BCUT2D eigenvalue weighted by atomic mass is 9.92. The molecule has 8 heteroatoms. The molecule has 1 aliphatic heterocycles. The minimum Gasteiger partial charge on any atom is -0.476 e. The minimum absolute atomic E-state index is 0.0534. The van der Waals surface area contributed by atoms with E-state index in [0.29, 0.717) is 31.6 Å². The van der Waals surface area contributed by atoms with E-state index in [1.165, 1.54) is 0 Å². The monoisotopic (exact) mass is 336 g/mol. The summed E-state index contributed by atoms with van der Waals surface area (Å²) in [5.41, 5.74) is 0.255. The van der Waals surface area contributed by atoms with Crippen LogP contribution in [0.3, 0.4) is 0 Å². The summed E-state index contributed by atoms with van der Waals surface area (Å²) in [5, 5.41) is 17.3. The third-order valence-electron chi connectivity index (χ3n) is 4.36. The van der Waals surface area contributed by atoms with Gasteiger partial charge in [-0.2, -0.15) is 0 Å². The van der Waals surface area contributed by atoms with E-state index in [0.717, 1.165) is 12.8 Å². The Labute approximate surface area is 140 Å². The Hall–Kier alpha value is -2.12. The third-order valence-corrected chi connectivity index (χ3v) is 4.36. The normalized spacial score (nSPS) is 19.4. The van der Waals surface area contributed by atoms with Crippen molar-refractivity contribution in [1.29, 1.82) is 0 Å². The van der Waals surface area contributed by atoms with E-state index in [2.05, 4.69) is 10.3 Å². The van der Waals surface area contributed by atoms with E-state index in [1.54, 1.807) is 9.58 Å². The molecule has 1 aromatic heterocycles. The molecule has 0 spiro atoms. The van der Waals surface area contributed by atoms with Gasteiger partial charge < -0.3 is 14.7 Å². The number of rotatable bonds is 3. The van der Waals surface area contributed by atoms with Crippen LogP contribution in [-0.2, 0) is 4.74 Å². The maximum atomic E-state index is 12.1. The van der Waals surface area contributed by atoms with Gasteiger partial charge in [-0.25, -0.2) is 14.3 Å². The molecular formula is C16H24N4O4. The van der Waals surface area contributed by atoms with Crippen molar-refractivity contribution >= 4 is 12.1 Å². The van der Waals surface area contributed by atoms with Crippen molar-refractivity contribution in [3.63, 3.8) is 0 Å². The van der Waals surface area contributed by atoms with Crippen LogP contribution in [0.5, 0.6) is 0 Å². The molecule has 1 aliphatic carbocycles. The summed E-state index contributed by atoms with van der Waals surface area (Å²) >= 11 is 0. The first-order chi connectivity index (χ1) is 11.3. The number of carbonyl (C=O) groups excluding carboxylic acids is 1. The average molecular weight is 336 g/mol. The molecule has 2 fully saturated rings. The molecule has 1 saturated heterocycles. The molecule has 2 heterocycles. The number of piperidine rings is 1. The average Bonchev–Trinajstić information content (AvgIpc) is 3.24. The fourth-order valence-electron chi connectivity index (χ4n) is 3.08. The highest BCUT2D eigenvalue weighted by molar-refractivity contribution is 5.86. The largest absolute Gasteiger partial charge is 0.476 e. The highest BCUT2D eigenvalue weighted by Crippen LogP contribution is 2.39. The molecule has 2 aliphatic rings. The number of aromatic nitrogens is 3. The van der Waals surface area contributed by atoms with Crippen molar-refractivity contribution in [2.75, 3.05) is 13.1 Å². The van der Waals surface area contributed by atoms with Crippen LogP contribution in [0.25, 0.3) is 0 Å². The standard InChI is InChI=1S/C16H24N4O4/c1-16(2,3)24-15(23)19-8-6-10(7-9-19)13-12(14(21)22)17-18-20(13)11-4-5-11/h10-11H,4-9H2,1-3H3,(H,21,22). The Balaban J connectivity index is 1.70. The van der Waals surface area contributed by atoms with Crippen LogP contribution in [0.2, 0.25) is 0 Å². The van der Waals surface area contributed by atoms with Gasteiger partial charge >= 0.3 is 12.1 Å². The molecule has 1 N–H and O–H groups in total. The number of nitrogens with zero attached hydrogens (tertiary/aromatic N) is 4. The van der Waals surface area contributed by atoms with Gasteiger partial charge in [0, 0.05) is 19.0 Å². The van der Waals surface area contributed by atoms with Gasteiger partial charge in [0.05, 0.1) is 11.7 Å². The lowest BCUT2D eigenvalue weighted by molar-refractivity contribution is 0.0202. The molecule has 0 radical (unpaired) electrons. The van der Waals surface area contributed by atoms with Crippen LogP contribution >= 0.6 is 0 Å². The summed E-state index contributed by atoms with van der Waals surface area (Å²) in [6, 6.07) is 0.282. The lowest BCUT2D eigenvalue weighted by Crippen LogP contribution is -2.41. The molecular weight excluding hydrogens is 312 g/mol. The van der Waals surface area contributed by atoms with Crippen molar-refractivity contribution in [3.8, 4) is 0 Å². The summed E-state index contributed by atoms with van der Waals surface area (Å²) in [7, 11) is 0. The second-order valence-electron chi connectivity index (χ2n) is 7.55. The van der Waals surface area contributed by atoms with E-state index in [-0.39, 0.29) is 23.7 Å². The maximum Gasteiger partial charge on any atom is 0.410 e. The van der Waals surface area contributed by atoms with Crippen LogP contribution in [-0.4, -0.2) is 55.8 Å². The number of carbonyl (C=O) groups is 2. The molecule has 8 nitrogen and oxygen atoms in total. The molecule has 132 valence electrons. The summed E-state index contributed by atoms with van der Waals surface area (Å²) in [6.07, 6.45) is 3.12. The van der Waals surface area contributed by atoms with E-state index in [9.17, 15) is 14.7 Å². The predicted molar refractivity (Wildman–Crippen MR) is 85.0 cm³/mol. The van der Waals surface area contributed by atoms with Gasteiger partial charge in [-0.05, 0) is 46.5 Å². The number of carboxylic acid groups (broad SMARTS) is 1. The number of amides is 1. The van der Waals surface area contributed by atoms with Gasteiger partial charge in [-0.3, -0.25) is 0 Å². The lowest BCUT2D eigenvalue weighted by Gasteiger charge is -2.33. The van der Waals surface area contributed by atoms with Crippen molar-refractivity contribution in [2.45, 2.75) is 64.0 Å². The second-order valence-corrected chi connectivity index (χ2v) is 7.55. The van der Waals surface area contributed by atoms with E-state index in [1.807, 2.05) is 20.8 Å². The smallest absolute Gasteiger partial charge is 0.410 e. The zero-order valence-electron chi connectivity index (χ0n) is 14.4. The molecule has 1 amide bonds. The van der Waals surface area contributed by atoms with E-state index < -0.39 is 11.6 Å². The van der Waals surface area contributed by atoms with Gasteiger partial charge in [0.25, 0.3) is 0 Å². The van der Waals surface area contributed by atoms with Crippen molar-refractivity contribution < 1.29 is 19.4 Å². The van der Waals surface area contributed by atoms with Crippen LogP contribution < -0.4 is 0 Å². The van der Waals surface area contributed by atoms with Crippen molar-refractivity contribution in [3.05, 3.63) is 11.4 Å². The number of hydrogen-bond acceptors (Lipinski definition) is 5. The summed E-state index contributed by atoms with van der Waals surface area (Å²) in [4.78, 5) is 25.3. The highest BCUT2D eigenvalue weighted by atomic mass is 16.6. The Morgan fingerprint density at radius 3 is 2.29 bits per heavy atom. The predicted octanol–water partition coefficient (Wildman–Crippen LogP) is 2.43. The van der Waals surface area contributed by atoms with Gasteiger partial charge in [-0.15, -0.1) is 5.10 Å². The zero-order chi connectivity index (χ0) is 17.5. The molecule has 0 bridgehead atoms. The number of carboxylic acids is 1. The third kappa shape index (κ3) is 3.52. The summed E-state index contributed by atoms with van der Waals surface area (Å²) < 4.78 is 7.19. The molecule has 0 unspecified atom stereocenters. The maximum absolute atomic E-state index is 12.1. The highest BCUT2D eigenvalue weighted by Gasteiger charge is 2.36. The van der Waals surface area contributed by atoms with E-state index in [4.69, 9.17) is 4.74 Å². The van der Waals surface area contributed by atoms with Gasteiger partial charge in [0.2, 0.25) is 0 Å². The van der Waals surface area contributed by atoms with Crippen LogP contribution in [0.4, 0.5) is 4.79 Å². The number of aromatic carboxylic acids is 1. The molecule has 1 saturated carbocycles. The fraction of sp³-hybridized carbons (Fsp3) is 0.750. The Morgan fingerprint density at radius 2 is 1.79 bits per heavy atom. The topological polar surface area (TPSA) is 97.6 Å². The fourth-order valence-corrected chi connectivity index (χ4v) is 3.08. The first-order valence-corrected chi connectivity index (χ1v) is 8.42.